The van der Waals surface area contributed by atoms with Gasteiger partial charge in [0.05, 0.1) is 19.4 Å². The van der Waals surface area contributed by atoms with Crippen LogP contribution in [0.2, 0.25) is 0 Å². The van der Waals surface area contributed by atoms with E-state index < -0.39 is 11.8 Å². The molecule has 0 aliphatic heterocycles. The summed E-state index contributed by atoms with van der Waals surface area (Å²) < 4.78 is 18.6. The summed E-state index contributed by atoms with van der Waals surface area (Å²) in [6.45, 7) is 3.68. The number of aliphatic hydroxyl groups excluding tert-OH is 1. The summed E-state index contributed by atoms with van der Waals surface area (Å²) in [5.41, 5.74) is 0.0490. The van der Waals surface area contributed by atoms with Gasteiger partial charge in [-0.2, -0.15) is 0 Å². The van der Waals surface area contributed by atoms with Crippen molar-refractivity contribution in [1.82, 2.24) is 4.90 Å². The minimum atomic E-state index is -0.540. The van der Waals surface area contributed by atoms with Crippen LogP contribution in [0.25, 0.3) is 0 Å². The second kappa shape index (κ2) is 6.94. The summed E-state index contributed by atoms with van der Waals surface area (Å²) >= 11 is 0. The third kappa shape index (κ3) is 4.10. The lowest BCUT2D eigenvalue weighted by molar-refractivity contribution is 0.172. The normalized spacial score (nSPS) is 10.4. The molecule has 0 saturated heterocycles. The van der Waals surface area contributed by atoms with Gasteiger partial charge in [0.15, 0.2) is 0 Å². The highest BCUT2D eigenvalue weighted by Gasteiger charge is 2.17. The fourth-order valence-corrected chi connectivity index (χ4v) is 1.62. The molecule has 1 rings (SSSR count). The van der Waals surface area contributed by atoms with Crippen molar-refractivity contribution in [2.45, 2.75) is 19.9 Å². The number of nitrogens with one attached hydrogen (secondary N) is 1. The minimum absolute atomic E-state index is 0.0490. The number of ether oxygens (including phenoxy) is 1. The number of methoxy groups -OCH3 is 1. The van der Waals surface area contributed by atoms with E-state index in [1.807, 2.05) is 13.8 Å². The number of aliphatic hydroxyl groups is 1. The zero-order chi connectivity index (χ0) is 14.4. The van der Waals surface area contributed by atoms with Crippen LogP contribution in [0.5, 0.6) is 5.75 Å². The molecule has 1 aromatic carbocycles. The number of carbonyl (C=O) groups excluding carboxylic acids is 1. The Balaban J connectivity index is 2.85. The Morgan fingerprint density at radius 3 is 2.74 bits per heavy atom. The van der Waals surface area contributed by atoms with Crippen LogP contribution < -0.4 is 10.1 Å². The first kappa shape index (κ1) is 15.2. The molecule has 2 N–H and O–H groups in total. The van der Waals surface area contributed by atoms with Crippen molar-refractivity contribution >= 4 is 11.7 Å². The number of urea groups is 1. The molecule has 106 valence electrons. The van der Waals surface area contributed by atoms with Crippen LogP contribution in [-0.4, -0.2) is 42.3 Å². The molecule has 0 spiro atoms. The van der Waals surface area contributed by atoms with Gasteiger partial charge in [-0.3, -0.25) is 0 Å². The van der Waals surface area contributed by atoms with E-state index in [0.717, 1.165) is 0 Å². The van der Waals surface area contributed by atoms with Crippen molar-refractivity contribution in [2.24, 2.45) is 0 Å². The van der Waals surface area contributed by atoms with E-state index in [9.17, 15) is 9.18 Å². The van der Waals surface area contributed by atoms with Crippen LogP contribution in [0.3, 0.4) is 0 Å². The first-order valence-electron chi connectivity index (χ1n) is 6.01. The SMILES string of the molecule is COc1ccc(F)c(NC(=O)N(CCO)C(C)C)c1. The number of benzene rings is 1. The summed E-state index contributed by atoms with van der Waals surface area (Å²) in [6.07, 6.45) is 0. The lowest BCUT2D eigenvalue weighted by Crippen LogP contribution is -2.41. The highest BCUT2D eigenvalue weighted by Crippen LogP contribution is 2.21. The van der Waals surface area contributed by atoms with Crippen LogP contribution in [0, 0.1) is 5.82 Å². The van der Waals surface area contributed by atoms with E-state index >= 15 is 0 Å². The van der Waals surface area contributed by atoms with Gasteiger partial charge in [-0.1, -0.05) is 0 Å². The van der Waals surface area contributed by atoms with Gasteiger partial charge in [0.25, 0.3) is 0 Å². The topological polar surface area (TPSA) is 61.8 Å². The van der Waals surface area contributed by atoms with Crippen molar-refractivity contribution < 1.29 is 19.0 Å². The maximum Gasteiger partial charge on any atom is 0.322 e. The van der Waals surface area contributed by atoms with E-state index in [2.05, 4.69) is 5.32 Å². The number of hydrogen-bond donors (Lipinski definition) is 2. The molecule has 0 atom stereocenters. The van der Waals surface area contributed by atoms with Gasteiger partial charge in [0.2, 0.25) is 0 Å². The molecular formula is C13H19FN2O3. The number of rotatable bonds is 5. The molecule has 6 heteroatoms. The predicted octanol–water partition coefficient (Wildman–Crippen LogP) is 2.07. The fourth-order valence-electron chi connectivity index (χ4n) is 1.62. The molecule has 0 radical (unpaired) electrons. The number of anilines is 1. The van der Waals surface area contributed by atoms with E-state index in [1.165, 1.54) is 30.2 Å². The van der Waals surface area contributed by atoms with Crippen molar-refractivity contribution in [3.05, 3.63) is 24.0 Å². The highest BCUT2D eigenvalue weighted by molar-refractivity contribution is 5.89. The van der Waals surface area contributed by atoms with Crippen LogP contribution in [-0.2, 0) is 0 Å². The first-order chi connectivity index (χ1) is 8.99. The van der Waals surface area contributed by atoms with Crippen LogP contribution >= 0.6 is 0 Å². The Bertz CT molecular complexity index is 438. The number of halogens is 1. The van der Waals surface area contributed by atoms with E-state index in [-0.39, 0.29) is 24.9 Å². The molecule has 0 bridgehead atoms. The number of carbonyl (C=O) groups is 1. The van der Waals surface area contributed by atoms with Gasteiger partial charge in [0.1, 0.15) is 11.6 Å². The fraction of sp³-hybridized carbons (Fsp3) is 0.462. The van der Waals surface area contributed by atoms with E-state index in [0.29, 0.717) is 5.75 Å². The highest BCUT2D eigenvalue weighted by atomic mass is 19.1. The Morgan fingerprint density at radius 2 is 2.21 bits per heavy atom. The Hall–Kier alpha value is -1.82. The van der Waals surface area contributed by atoms with Gasteiger partial charge < -0.3 is 20.1 Å². The molecule has 0 aliphatic rings. The molecule has 5 nitrogen and oxygen atoms in total. The number of nitrogens with zero attached hydrogens (tertiary/aromatic N) is 1. The first-order valence-corrected chi connectivity index (χ1v) is 6.01. The molecule has 0 aliphatic carbocycles. The quantitative estimate of drug-likeness (QED) is 0.861. The predicted molar refractivity (Wildman–Crippen MR) is 70.9 cm³/mol. The van der Waals surface area contributed by atoms with E-state index in [1.54, 1.807) is 0 Å². The standard InChI is InChI=1S/C13H19FN2O3/c1-9(2)16(6-7-17)13(18)15-12-8-10(19-3)4-5-11(12)14/h4-5,8-9,17H,6-7H2,1-3H3,(H,15,18). The number of hydrogen-bond acceptors (Lipinski definition) is 3. The van der Waals surface area contributed by atoms with Crippen molar-refractivity contribution in [3.63, 3.8) is 0 Å². The molecule has 0 unspecified atom stereocenters. The average Bonchev–Trinajstić information content (AvgIpc) is 2.38. The molecule has 0 heterocycles. The summed E-state index contributed by atoms with van der Waals surface area (Å²) in [7, 11) is 1.46. The molecule has 0 saturated carbocycles. The zero-order valence-electron chi connectivity index (χ0n) is 11.3. The van der Waals surface area contributed by atoms with Crippen molar-refractivity contribution in [2.75, 3.05) is 25.6 Å². The molecular weight excluding hydrogens is 251 g/mol. The second-order valence-electron chi connectivity index (χ2n) is 4.29. The van der Waals surface area contributed by atoms with Gasteiger partial charge in [-0.25, -0.2) is 9.18 Å². The van der Waals surface area contributed by atoms with Crippen LogP contribution in [0.15, 0.2) is 18.2 Å². The Labute approximate surface area is 112 Å². The third-order valence-electron chi connectivity index (χ3n) is 2.64. The van der Waals surface area contributed by atoms with Crippen molar-refractivity contribution in [1.29, 1.82) is 0 Å². The number of amides is 2. The van der Waals surface area contributed by atoms with Crippen LogP contribution in [0.1, 0.15) is 13.8 Å². The summed E-state index contributed by atoms with van der Waals surface area (Å²) in [6, 6.07) is 3.54. The van der Waals surface area contributed by atoms with Gasteiger partial charge in [0, 0.05) is 18.7 Å². The second-order valence-corrected chi connectivity index (χ2v) is 4.29. The maximum absolute atomic E-state index is 13.6. The van der Waals surface area contributed by atoms with Gasteiger partial charge >= 0.3 is 6.03 Å². The molecule has 19 heavy (non-hydrogen) atoms. The molecule has 0 aromatic heterocycles. The van der Waals surface area contributed by atoms with Crippen LogP contribution in [0.4, 0.5) is 14.9 Å². The summed E-state index contributed by atoms with van der Waals surface area (Å²) in [5.74, 6) is -0.0863. The average molecular weight is 270 g/mol. The Morgan fingerprint density at radius 1 is 1.53 bits per heavy atom. The van der Waals surface area contributed by atoms with Crippen molar-refractivity contribution in [3.8, 4) is 5.75 Å². The lowest BCUT2D eigenvalue weighted by atomic mass is 10.3. The molecule has 0 fully saturated rings. The smallest absolute Gasteiger partial charge is 0.322 e. The third-order valence-corrected chi connectivity index (χ3v) is 2.64. The van der Waals surface area contributed by atoms with E-state index in [4.69, 9.17) is 9.84 Å². The largest absolute Gasteiger partial charge is 0.497 e. The summed E-state index contributed by atoms with van der Waals surface area (Å²) in [4.78, 5) is 13.4. The molecule has 1 aromatic rings. The summed E-state index contributed by atoms with van der Waals surface area (Å²) in [5, 5.41) is 11.4. The molecule has 2 amide bonds. The monoisotopic (exact) mass is 270 g/mol. The lowest BCUT2D eigenvalue weighted by Gasteiger charge is -2.26. The van der Waals surface area contributed by atoms with Gasteiger partial charge in [-0.05, 0) is 26.0 Å². The zero-order valence-corrected chi connectivity index (χ0v) is 11.3. The Kier molecular flexibility index (Phi) is 5.57. The van der Waals surface area contributed by atoms with Gasteiger partial charge in [-0.15, -0.1) is 0 Å². The minimum Gasteiger partial charge on any atom is -0.497 e. The maximum atomic E-state index is 13.6.